The lowest BCUT2D eigenvalue weighted by Gasteiger charge is -2.02. The van der Waals surface area contributed by atoms with Crippen LogP contribution in [0.4, 0.5) is 0 Å². The van der Waals surface area contributed by atoms with Crippen molar-refractivity contribution in [3.8, 4) is 0 Å². The predicted molar refractivity (Wildman–Crippen MR) is 105 cm³/mol. The fraction of sp³-hybridized carbons (Fsp3) is 0. The van der Waals surface area contributed by atoms with Crippen molar-refractivity contribution in [1.29, 1.82) is 0 Å². The lowest BCUT2D eigenvalue weighted by atomic mass is 10.1. The number of carbonyl (C=O) groups excluding carboxylic acids is 4. The monoisotopic (exact) mass is 492 g/mol. The second-order valence-electron chi connectivity index (χ2n) is 4.61. The van der Waals surface area contributed by atoms with Crippen LogP contribution in [0.25, 0.3) is 0 Å². The number of benzene rings is 2. The zero-order chi connectivity index (χ0) is 21.1. The van der Waals surface area contributed by atoms with Crippen LogP contribution in [0.1, 0.15) is 41.4 Å². The van der Waals surface area contributed by atoms with Gasteiger partial charge in [-0.05, 0) is 24.3 Å². The van der Waals surface area contributed by atoms with Crippen LogP contribution in [0.15, 0.2) is 48.5 Å². The van der Waals surface area contributed by atoms with Gasteiger partial charge in [-0.25, -0.2) is 19.2 Å². The maximum Gasteiger partial charge on any atom is 0.373 e. The Morgan fingerprint density at radius 3 is 0.727 bits per heavy atom. The molecule has 182 valence electrons. The molecule has 0 aliphatic carbocycles. The summed E-state index contributed by atoms with van der Waals surface area (Å²) in [5, 5.41) is 32.4. The van der Waals surface area contributed by atoms with E-state index in [0.717, 1.165) is 0 Å². The first-order chi connectivity index (χ1) is 13.4. The van der Waals surface area contributed by atoms with Crippen molar-refractivity contribution in [2.45, 2.75) is 0 Å². The van der Waals surface area contributed by atoms with Crippen molar-refractivity contribution in [3.05, 3.63) is 70.8 Å². The molecule has 0 heterocycles. The molecule has 0 bridgehead atoms. The molecule has 2 aromatic carbocycles. The molecule has 0 atom stereocenters. The molecule has 0 saturated heterocycles. The summed E-state index contributed by atoms with van der Waals surface area (Å²) in [6.45, 7) is 0. The molecule has 2 rings (SSSR count). The average Bonchev–Trinajstić information content (AvgIpc) is 2.77. The first-order valence-electron chi connectivity index (χ1n) is 7.02. The highest BCUT2D eigenvalue weighted by Crippen LogP contribution is 2.11. The lowest BCUT2D eigenvalue weighted by molar-refractivity contribution is -0.185. The third kappa shape index (κ3) is 11.3. The van der Waals surface area contributed by atoms with Crippen LogP contribution in [-0.4, -0.2) is 89.9 Å². The fourth-order valence-corrected chi connectivity index (χ4v) is 1.87. The van der Waals surface area contributed by atoms with Gasteiger partial charge in [0.2, 0.25) is 0 Å². The molecule has 16 nitrogen and oxygen atoms in total. The van der Waals surface area contributed by atoms with Crippen molar-refractivity contribution in [2.24, 2.45) is 0 Å². The molecule has 33 heavy (non-hydrogen) atoms. The van der Waals surface area contributed by atoms with Crippen molar-refractivity contribution in [2.75, 3.05) is 0 Å². The summed E-state index contributed by atoms with van der Waals surface area (Å²) in [6, 6.07) is 10.8. The topological polar surface area (TPSA) is 312 Å². The molecule has 12 N–H and O–H groups in total. The lowest BCUT2D eigenvalue weighted by Crippen LogP contribution is -2.11. The Balaban J connectivity index is -0.000000138. The Labute approximate surface area is 199 Å². The zero-order valence-electron chi connectivity index (χ0n) is 16.4. The second-order valence-corrected chi connectivity index (χ2v) is 4.61. The molecule has 0 aliphatic heterocycles. The van der Waals surface area contributed by atoms with Gasteiger partial charge in [0.05, 0.1) is 22.3 Å². The summed E-state index contributed by atoms with van der Waals surface area (Å²) >= 11 is 0. The van der Waals surface area contributed by atoms with Crippen molar-refractivity contribution in [1.82, 2.24) is 0 Å². The van der Waals surface area contributed by atoms with Crippen molar-refractivity contribution in [3.63, 3.8) is 0 Å². The summed E-state index contributed by atoms with van der Waals surface area (Å²) in [5.41, 5.74) is -0.800. The molecule has 2 radical (unpaired) electrons. The highest BCUT2D eigenvalue weighted by Gasteiger charge is 2.19. The number of hydrogen-bond acceptors (Lipinski definition) is 12. The largest absolute Gasteiger partial charge is 0.412 e. The van der Waals surface area contributed by atoms with Crippen LogP contribution in [0, 0.1) is 0 Å². The normalized spacial score (nSPS) is 7.88. The molecule has 0 saturated carbocycles. The summed E-state index contributed by atoms with van der Waals surface area (Å²) in [5.74, 6) is -4.42. The van der Waals surface area contributed by atoms with E-state index in [1.165, 1.54) is 48.5 Å². The van der Waals surface area contributed by atoms with Crippen LogP contribution in [-0.2, 0) is 19.6 Å². The van der Waals surface area contributed by atoms with E-state index in [0.29, 0.717) is 0 Å². The highest BCUT2D eigenvalue weighted by molar-refractivity contribution is 6.03. The van der Waals surface area contributed by atoms with Gasteiger partial charge in [-0.15, -0.1) is 0 Å². The van der Waals surface area contributed by atoms with Gasteiger partial charge in [0.1, 0.15) is 0 Å². The minimum Gasteiger partial charge on any atom is -0.412 e. The second kappa shape index (κ2) is 20.7. The summed E-state index contributed by atoms with van der Waals surface area (Å²) in [7, 11) is 0. The van der Waals surface area contributed by atoms with E-state index in [4.69, 9.17) is 21.0 Å². The quantitative estimate of drug-likeness (QED) is 0.159. The minimum absolute atomic E-state index is 0. The standard InChI is InChI=1S/2C8H6O6.Mg.4H2O/c2*9-7(13-11)5-3-1-2-4-6(5)8(10)14-12;;;;;/h2*1-4,11-12H;;4*1H2. The Morgan fingerprint density at radius 1 is 0.455 bits per heavy atom. The van der Waals surface area contributed by atoms with Gasteiger partial charge in [-0.2, -0.15) is 21.0 Å². The smallest absolute Gasteiger partial charge is 0.373 e. The first kappa shape index (κ1) is 40.2. The van der Waals surface area contributed by atoms with Crippen LogP contribution in [0.2, 0.25) is 0 Å². The SMILES string of the molecule is O.O.O.O.O=C(OO)c1ccccc1C(=O)OO.O=C(OO)c1ccccc1C(=O)OO.[Mg]. The molecular weight excluding hydrogens is 472 g/mol. The number of carbonyl (C=O) groups is 4. The Kier molecular flexibility index (Phi) is 25.1. The maximum atomic E-state index is 10.9. The van der Waals surface area contributed by atoms with Crippen LogP contribution in [0.5, 0.6) is 0 Å². The molecular formula is C16H20MgO16. The van der Waals surface area contributed by atoms with Gasteiger partial charge in [-0.1, -0.05) is 24.3 Å². The van der Waals surface area contributed by atoms with Gasteiger partial charge in [0.15, 0.2) is 0 Å². The van der Waals surface area contributed by atoms with E-state index >= 15 is 0 Å². The third-order valence-electron chi connectivity index (χ3n) is 3.07. The molecule has 17 heteroatoms. The Bertz CT molecular complexity index is 730. The molecule has 0 unspecified atom stereocenters. The molecule has 0 aromatic heterocycles. The molecule has 0 aliphatic rings. The number of rotatable bonds is 4. The minimum atomic E-state index is -1.11. The van der Waals surface area contributed by atoms with Gasteiger partial charge < -0.3 is 21.9 Å². The number of hydrogen-bond donors (Lipinski definition) is 4. The molecule has 0 fully saturated rings. The Morgan fingerprint density at radius 2 is 0.606 bits per heavy atom. The van der Waals surface area contributed by atoms with E-state index < -0.39 is 23.9 Å². The Hall–Kier alpha value is -3.23. The van der Waals surface area contributed by atoms with E-state index in [2.05, 4.69) is 19.6 Å². The van der Waals surface area contributed by atoms with E-state index in [9.17, 15) is 19.2 Å². The first-order valence-corrected chi connectivity index (χ1v) is 7.02. The van der Waals surface area contributed by atoms with Gasteiger partial charge in [-0.3, -0.25) is 19.6 Å². The van der Waals surface area contributed by atoms with Gasteiger partial charge in [0, 0.05) is 23.1 Å². The van der Waals surface area contributed by atoms with E-state index in [1.54, 1.807) is 0 Å². The summed E-state index contributed by atoms with van der Waals surface area (Å²) < 4.78 is 0. The third-order valence-corrected chi connectivity index (χ3v) is 3.07. The fourth-order valence-electron chi connectivity index (χ4n) is 1.87. The molecule has 2 aromatic rings. The van der Waals surface area contributed by atoms with E-state index in [1.807, 2.05) is 0 Å². The highest BCUT2D eigenvalue weighted by atomic mass is 24.3. The summed E-state index contributed by atoms with van der Waals surface area (Å²) in [6.07, 6.45) is 0. The molecule has 0 spiro atoms. The predicted octanol–water partition coefficient (Wildman–Crippen LogP) is -1.79. The zero-order valence-corrected chi connectivity index (χ0v) is 17.8. The van der Waals surface area contributed by atoms with Crippen LogP contribution < -0.4 is 0 Å². The van der Waals surface area contributed by atoms with Crippen LogP contribution >= 0.6 is 0 Å². The summed E-state index contributed by atoms with van der Waals surface area (Å²) in [4.78, 5) is 57.3. The molecule has 0 amide bonds. The maximum absolute atomic E-state index is 10.9. The van der Waals surface area contributed by atoms with Crippen molar-refractivity contribution < 1.29 is 81.7 Å². The van der Waals surface area contributed by atoms with Gasteiger partial charge >= 0.3 is 23.9 Å². The van der Waals surface area contributed by atoms with Gasteiger partial charge in [0.25, 0.3) is 0 Å². The van der Waals surface area contributed by atoms with E-state index in [-0.39, 0.29) is 67.2 Å². The van der Waals surface area contributed by atoms with Crippen molar-refractivity contribution >= 4 is 46.9 Å². The average molecular weight is 493 g/mol. The van der Waals surface area contributed by atoms with Crippen LogP contribution in [0.3, 0.4) is 0 Å².